The predicted molar refractivity (Wildman–Crippen MR) is 69.9 cm³/mol. The summed E-state index contributed by atoms with van der Waals surface area (Å²) >= 11 is 0. The van der Waals surface area contributed by atoms with E-state index < -0.39 is 0 Å². The Hall–Kier alpha value is -1.02. The van der Waals surface area contributed by atoms with Crippen LogP contribution < -0.4 is 5.32 Å². The van der Waals surface area contributed by atoms with Gasteiger partial charge in [-0.25, -0.2) is 0 Å². The van der Waals surface area contributed by atoms with Gasteiger partial charge in [-0.3, -0.25) is 0 Å². The van der Waals surface area contributed by atoms with E-state index in [1.807, 2.05) is 0 Å². The smallest absolute Gasteiger partial charge is 0.0503 e. The van der Waals surface area contributed by atoms with E-state index in [0.717, 1.165) is 13.0 Å². The molecule has 0 saturated heterocycles. The normalized spacial score (nSPS) is 12.8. The van der Waals surface area contributed by atoms with E-state index in [1.54, 1.807) is 7.11 Å². The van der Waals surface area contributed by atoms with E-state index in [1.165, 1.54) is 11.3 Å². The molecule has 1 aromatic carbocycles. The standard InChI is InChI=1S/C14H23NO/c1-11(2)12(3)15-14-8-6-5-7-13(14)9-10-16-4/h5-8,11-12,15H,9-10H2,1-4H3. The Balaban J connectivity index is 2.70. The van der Waals surface area contributed by atoms with Gasteiger partial charge in [-0.05, 0) is 30.9 Å². The molecule has 0 bridgehead atoms. The lowest BCUT2D eigenvalue weighted by molar-refractivity contribution is 0.202. The van der Waals surface area contributed by atoms with Crippen LogP contribution in [0.3, 0.4) is 0 Å². The number of hydrogen-bond acceptors (Lipinski definition) is 2. The minimum atomic E-state index is 0.490. The number of methoxy groups -OCH3 is 1. The fourth-order valence-electron chi connectivity index (χ4n) is 1.50. The summed E-state index contributed by atoms with van der Waals surface area (Å²) in [6, 6.07) is 8.95. The van der Waals surface area contributed by atoms with Crippen LogP contribution in [-0.2, 0) is 11.2 Å². The summed E-state index contributed by atoms with van der Waals surface area (Å²) in [6.45, 7) is 7.46. The average Bonchev–Trinajstić information content (AvgIpc) is 2.27. The number of para-hydroxylation sites is 1. The minimum absolute atomic E-state index is 0.490. The van der Waals surface area contributed by atoms with E-state index in [9.17, 15) is 0 Å². The minimum Gasteiger partial charge on any atom is -0.384 e. The molecule has 2 nitrogen and oxygen atoms in total. The Morgan fingerprint density at radius 2 is 1.88 bits per heavy atom. The second-order valence-corrected chi connectivity index (χ2v) is 4.58. The highest BCUT2D eigenvalue weighted by Crippen LogP contribution is 2.18. The van der Waals surface area contributed by atoms with Crippen LogP contribution in [0.2, 0.25) is 0 Å². The second kappa shape index (κ2) is 6.54. The molecule has 1 rings (SSSR count). The van der Waals surface area contributed by atoms with E-state index in [-0.39, 0.29) is 0 Å². The molecule has 0 aliphatic rings. The summed E-state index contributed by atoms with van der Waals surface area (Å²) in [5.74, 6) is 0.635. The van der Waals surface area contributed by atoms with Gasteiger partial charge in [-0.1, -0.05) is 32.0 Å². The summed E-state index contributed by atoms with van der Waals surface area (Å²) in [5.41, 5.74) is 2.57. The van der Waals surface area contributed by atoms with Crippen LogP contribution in [0.1, 0.15) is 26.3 Å². The van der Waals surface area contributed by atoms with Crippen molar-refractivity contribution in [2.45, 2.75) is 33.2 Å². The highest BCUT2D eigenvalue weighted by molar-refractivity contribution is 5.51. The van der Waals surface area contributed by atoms with E-state index in [4.69, 9.17) is 4.74 Å². The first kappa shape index (κ1) is 13.0. The number of hydrogen-bond donors (Lipinski definition) is 1. The molecule has 1 aromatic rings. The molecule has 1 N–H and O–H groups in total. The van der Waals surface area contributed by atoms with Gasteiger partial charge in [0.05, 0.1) is 6.61 Å². The monoisotopic (exact) mass is 221 g/mol. The van der Waals surface area contributed by atoms with Gasteiger partial charge in [0, 0.05) is 18.8 Å². The molecule has 0 saturated carbocycles. The van der Waals surface area contributed by atoms with E-state index in [2.05, 4.69) is 50.4 Å². The molecule has 0 radical (unpaired) electrons. The first-order valence-electron chi connectivity index (χ1n) is 5.98. The van der Waals surface area contributed by atoms with Crippen LogP contribution in [0.5, 0.6) is 0 Å². The van der Waals surface area contributed by atoms with Crippen LogP contribution in [-0.4, -0.2) is 19.8 Å². The Kier molecular flexibility index (Phi) is 5.33. The highest BCUT2D eigenvalue weighted by Gasteiger charge is 2.08. The van der Waals surface area contributed by atoms with Gasteiger partial charge < -0.3 is 10.1 Å². The van der Waals surface area contributed by atoms with Crippen LogP contribution in [0.4, 0.5) is 5.69 Å². The number of ether oxygens (including phenoxy) is 1. The van der Waals surface area contributed by atoms with Crippen molar-refractivity contribution in [1.82, 2.24) is 0 Å². The summed E-state index contributed by atoms with van der Waals surface area (Å²) in [5, 5.41) is 3.56. The number of anilines is 1. The molecular formula is C14H23NO. The van der Waals surface area contributed by atoms with Crippen molar-refractivity contribution in [1.29, 1.82) is 0 Å². The summed E-state index contributed by atoms with van der Waals surface area (Å²) in [7, 11) is 1.74. The summed E-state index contributed by atoms with van der Waals surface area (Å²) < 4.78 is 5.13. The molecule has 0 aliphatic carbocycles. The molecule has 0 amide bonds. The van der Waals surface area contributed by atoms with E-state index >= 15 is 0 Å². The Bertz CT molecular complexity index is 309. The molecule has 16 heavy (non-hydrogen) atoms. The average molecular weight is 221 g/mol. The lowest BCUT2D eigenvalue weighted by Crippen LogP contribution is -2.22. The topological polar surface area (TPSA) is 21.3 Å². The third kappa shape index (κ3) is 3.86. The van der Waals surface area contributed by atoms with Gasteiger partial charge in [-0.15, -0.1) is 0 Å². The van der Waals surface area contributed by atoms with Crippen molar-refractivity contribution >= 4 is 5.69 Å². The Morgan fingerprint density at radius 3 is 2.50 bits per heavy atom. The largest absolute Gasteiger partial charge is 0.384 e. The van der Waals surface area contributed by atoms with Crippen LogP contribution in [0, 0.1) is 5.92 Å². The Morgan fingerprint density at radius 1 is 1.19 bits per heavy atom. The number of rotatable bonds is 6. The number of nitrogens with one attached hydrogen (secondary N) is 1. The van der Waals surface area contributed by atoms with E-state index in [0.29, 0.717) is 12.0 Å². The predicted octanol–water partition coefficient (Wildman–Crippen LogP) is 3.33. The summed E-state index contributed by atoms with van der Waals surface area (Å²) in [6.07, 6.45) is 0.963. The maximum absolute atomic E-state index is 5.13. The van der Waals surface area contributed by atoms with Crippen LogP contribution in [0.15, 0.2) is 24.3 Å². The summed E-state index contributed by atoms with van der Waals surface area (Å²) in [4.78, 5) is 0. The molecule has 0 aromatic heterocycles. The van der Waals surface area contributed by atoms with Crippen LogP contribution >= 0.6 is 0 Å². The zero-order valence-electron chi connectivity index (χ0n) is 10.8. The lowest BCUT2D eigenvalue weighted by Gasteiger charge is -2.21. The fraction of sp³-hybridized carbons (Fsp3) is 0.571. The quantitative estimate of drug-likeness (QED) is 0.795. The molecule has 0 aliphatic heterocycles. The van der Waals surface area contributed by atoms with Gasteiger partial charge >= 0.3 is 0 Å². The maximum Gasteiger partial charge on any atom is 0.0503 e. The zero-order valence-corrected chi connectivity index (χ0v) is 10.8. The molecule has 0 fully saturated rings. The van der Waals surface area contributed by atoms with Gasteiger partial charge in [0.1, 0.15) is 0 Å². The third-order valence-electron chi connectivity index (χ3n) is 2.98. The third-order valence-corrected chi connectivity index (χ3v) is 2.98. The molecule has 0 heterocycles. The molecule has 1 atom stereocenters. The SMILES string of the molecule is COCCc1ccccc1NC(C)C(C)C. The highest BCUT2D eigenvalue weighted by atomic mass is 16.5. The van der Waals surface area contributed by atoms with Gasteiger partial charge in [0.2, 0.25) is 0 Å². The first-order chi connectivity index (χ1) is 7.65. The van der Waals surface area contributed by atoms with Crippen molar-refractivity contribution in [2.75, 3.05) is 19.0 Å². The number of benzene rings is 1. The maximum atomic E-state index is 5.13. The molecular weight excluding hydrogens is 198 g/mol. The zero-order chi connectivity index (χ0) is 12.0. The Labute approximate surface area is 99.0 Å². The molecule has 90 valence electrons. The van der Waals surface area contributed by atoms with Crippen LogP contribution in [0.25, 0.3) is 0 Å². The lowest BCUT2D eigenvalue weighted by atomic mass is 10.0. The van der Waals surface area contributed by atoms with Crippen molar-refractivity contribution in [3.63, 3.8) is 0 Å². The molecule has 1 unspecified atom stereocenters. The van der Waals surface area contributed by atoms with Gasteiger partial charge in [0.25, 0.3) is 0 Å². The second-order valence-electron chi connectivity index (χ2n) is 4.58. The first-order valence-corrected chi connectivity index (χ1v) is 5.98. The van der Waals surface area contributed by atoms with Crippen molar-refractivity contribution in [3.05, 3.63) is 29.8 Å². The van der Waals surface area contributed by atoms with Crippen molar-refractivity contribution in [3.8, 4) is 0 Å². The fourth-order valence-corrected chi connectivity index (χ4v) is 1.50. The van der Waals surface area contributed by atoms with Gasteiger partial charge in [0.15, 0.2) is 0 Å². The molecule has 2 heteroatoms. The van der Waals surface area contributed by atoms with Crippen molar-refractivity contribution in [2.24, 2.45) is 5.92 Å². The molecule has 0 spiro atoms. The van der Waals surface area contributed by atoms with Gasteiger partial charge in [-0.2, -0.15) is 0 Å². The van der Waals surface area contributed by atoms with Crippen molar-refractivity contribution < 1.29 is 4.74 Å².